The fourth-order valence-corrected chi connectivity index (χ4v) is 3.93. The van der Waals surface area contributed by atoms with E-state index in [1.54, 1.807) is 11.8 Å². The number of nitrogens with one attached hydrogen (secondary N) is 1. The summed E-state index contributed by atoms with van der Waals surface area (Å²) in [6, 6.07) is 0.361. The summed E-state index contributed by atoms with van der Waals surface area (Å²) in [6.07, 6.45) is 7.17. The number of hydrogen-bond donors (Lipinski definition) is 1. The number of thioether (sulfide) groups is 1. The normalized spacial score (nSPS) is 30.4. The Bertz CT molecular complexity index is 304. The second-order valence-corrected chi connectivity index (χ2v) is 6.59. The molecule has 1 spiro atoms. The molecule has 3 unspecified atom stereocenters. The minimum absolute atomic E-state index is 0.114. The zero-order valence-electron chi connectivity index (χ0n) is 11.7. The van der Waals surface area contributed by atoms with Crippen LogP contribution >= 0.6 is 11.8 Å². The summed E-state index contributed by atoms with van der Waals surface area (Å²) in [5, 5.41) is 3.25. The van der Waals surface area contributed by atoms with Crippen molar-refractivity contribution in [3.05, 3.63) is 0 Å². The molecule has 3 nitrogen and oxygen atoms in total. The second kappa shape index (κ2) is 5.83. The van der Waals surface area contributed by atoms with Gasteiger partial charge < -0.3 is 10.1 Å². The predicted molar refractivity (Wildman–Crippen MR) is 75.8 cm³/mol. The average molecular weight is 271 g/mol. The fourth-order valence-electron chi connectivity index (χ4n) is 3.28. The maximum absolute atomic E-state index is 12.1. The third-order valence-electron chi connectivity index (χ3n) is 4.62. The Hall–Kier alpha value is -0.220. The number of rotatable bonds is 6. The van der Waals surface area contributed by atoms with Gasteiger partial charge in [-0.1, -0.05) is 13.3 Å². The monoisotopic (exact) mass is 271 g/mol. The molecule has 0 aliphatic heterocycles. The first-order chi connectivity index (χ1) is 8.64. The van der Waals surface area contributed by atoms with Crippen LogP contribution in [0.5, 0.6) is 0 Å². The van der Waals surface area contributed by atoms with Crippen molar-refractivity contribution in [3.63, 3.8) is 0 Å². The van der Waals surface area contributed by atoms with Crippen LogP contribution in [0.25, 0.3) is 0 Å². The largest absolute Gasteiger partial charge is 0.378 e. The van der Waals surface area contributed by atoms with Crippen LogP contribution in [-0.4, -0.2) is 36.7 Å². The van der Waals surface area contributed by atoms with Gasteiger partial charge in [-0.2, -0.15) is 11.8 Å². The van der Waals surface area contributed by atoms with Crippen molar-refractivity contribution < 1.29 is 9.53 Å². The molecule has 2 fully saturated rings. The fraction of sp³-hybridized carbons (Fsp3) is 0.929. The minimum Gasteiger partial charge on any atom is -0.378 e. The quantitative estimate of drug-likeness (QED) is 0.806. The Kier molecular flexibility index (Phi) is 4.59. The minimum atomic E-state index is 0.114. The first kappa shape index (κ1) is 14.2. The molecule has 0 aromatic heterocycles. The van der Waals surface area contributed by atoms with E-state index in [0.717, 1.165) is 18.8 Å². The van der Waals surface area contributed by atoms with Gasteiger partial charge in [0, 0.05) is 29.7 Å². The first-order valence-electron chi connectivity index (χ1n) is 7.05. The van der Waals surface area contributed by atoms with Crippen LogP contribution in [0.15, 0.2) is 0 Å². The van der Waals surface area contributed by atoms with E-state index in [2.05, 4.69) is 12.2 Å². The van der Waals surface area contributed by atoms with Crippen LogP contribution in [0, 0.1) is 11.3 Å². The van der Waals surface area contributed by atoms with Gasteiger partial charge in [-0.3, -0.25) is 4.79 Å². The lowest BCUT2D eigenvalue weighted by atomic mass is 9.51. The number of carbonyl (C=O) groups excluding carboxylic acids is 1. The van der Waals surface area contributed by atoms with E-state index in [-0.39, 0.29) is 17.2 Å². The molecule has 0 bridgehead atoms. The molecular formula is C14H25NO2S. The summed E-state index contributed by atoms with van der Waals surface area (Å²) in [7, 11) is 0. The lowest BCUT2D eigenvalue weighted by Crippen LogP contribution is -2.68. The Labute approximate surface area is 114 Å². The molecule has 2 rings (SSSR count). The highest BCUT2D eigenvalue weighted by Crippen LogP contribution is 2.57. The van der Waals surface area contributed by atoms with Crippen LogP contribution < -0.4 is 5.32 Å². The smallest absolute Gasteiger partial charge is 0.223 e. The first-order valence-corrected chi connectivity index (χ1v) is 8.44. The summed E-state index contributed by atoms with van der Waals surface area (Å²) in [5.41, 5.74) is 0.282. The molecule has 1 N–H and O–H groups in total. The van der Waals surface area contributed by atoms with Crippen molar-refractivity contribution >= 4 is 17.7 Å². The maximum atomic E-state index is 12.1. The standard InChI is InChI=1S/C14H25NO2S/c1-4-17-12-8-11(14(12)6-5-7-14)15-13(16)10(2)9-18-3/h10-12H,4-9H2,1-3H3,(H,15,16). The van der Waals surface area contributed by atoms with E-state index in [0.29, 0.717) is 12.1 Å². The summed E-state index contributed by atoms with van der Waals surface area (Å²) < 4.78 is 5.80. The van der Waals surface area contributed by atoms with E-state index < -0.39 is 0 Å². The van der Waals surface area contributed by atoms with Crippen molar-refractivity contribution in [2.75, 3.05) is 18.6 Å². The summed E-state index contributed by atoms with van der Waals surface area (Å²) >= 11 is 1.73. The molecule has 18 heavy (non-hydrogen) atoms. The van der Waals surface area contributed by atoms with Gasteiger partial charge in [0.05, 0.1) is 6.10 Å². The van der Waals surface area contributed by atoms with E-state index in [1.807, 2.05) is 13.2 Å². The zero-order valence-corrected chi connectivity index (χ0v) is 12.5. The number of hydrogen-bond acceptors (Lipinski definition) is 3. The lowest BCUT2D eigenvalue weighted by Gasteiger charge is -2.61. The van der Waals surface area contributed by atoms with Gasteiger partial charge in [0.15, 0.2) is 0 Å². The van der Waals surface area contributed by atoms with E-state index in [1.165, 1.54) is 19.3 Å². The highest BCUT2D eigenvalue weighted by molar-refractivity contribution is 7.98. The van der Waals surface area contributed by atoms with Gasteiger partial charge in [0.2, 0.25) is 5.91 Å². The highest BCUT2D eigenvalue weighted by atomic mass is 32.2. The second-order valence-electron chi connectivity index (χ2n) is 5.68. The van der Waals surface area contributed by atoms with E-state index >= 15 is 0 Å². The summed E-state index contributed by atoms with van der Waals surface area (Å²) in [6.45, 7) is 4.85. The average Bonchev–Trinajstić information content (AvgIpc) is 2.25. The lowest BCUT2D eigenvalue weighted by molar-refractivity contribution is -0.176. The molecule has 2 aliphatic carbocycles. The molecular weight excluding hydrogens is 246 g/mol. The molecule has 0 saturated heterocycles. The highest BCUT2D eigenvalue weighted by Gasteiger charge is 2.59. The Morgan fingerprint density at radius 3 is 2.78 bits per heavy atom. The third-order valence-corrected chi connectivity index (χ3v) is 5.45. The molecule has 0 radical (unpaired) electrons. The molecule has 0 aromatic rings. The molecule has 104 valence electrons. The zero-order chi connectivity index (χ0) is 13.2. The van der Waals surface area contributed by atoms with Crippen molar-refractivity contribution in [3.8, 4) is 0 Å². The van der Waals surface area contributed by atoms with E-state index in [9.17, 15) is 4.79 Å². The van der Waals surface area contributed by atoms with Gasteiger partial charge in [-0.15, -0.1) is 0 Å². The number of carbonyl (C=O) groups is 1. The van der Waals surface area contributed by atoms with Crippen LogP contribution in [0.1, 0.15) is 39.5 Å². The van der Waals surface area contributed by atoms with Crippen molar-refractivity contribution in [2.24, 2.45) is 11.3 Å². The molecule has 1 amide bonds. The molecule has 2 saturated carbocycles. The number of amides is 1. The van der Waals surface area contributed by atoms with Crippen LogP contribution in [-0.2, 0) is 9.53 Å². The molecule has 0 heterocycles. The Morgan fingerprint density at radius 2 is 2.28 bits per heavy atom. The van der Waals surface area contributed by atoms with Gasteiger partial charge in [-0.25, -0.2) is 0 Å². The Balaban J connectivity index is 1.86. The van der Waals surface area contributed by atoms with Crippen LogP contribution in [0.3, 0.4) is 0 Å². The van der Waals surface area contributed by atoms with Gasteiger partial charge in [0.25, 0.3) is 0 Å². The molecule has 4 heteroatoms. The van der Waals surface area contributed by atoms with Gasteiger partial charge >= 0.3 is 0 Å². The van der Waals surface area contributed by atoms with Crippen molar-refractivity contribution in [1.29, 1.82) is 0 Å². The topological polar surface area (TPSA) is 38.3 Å². The van der Waals surface area contributed by atoms with E-state index in [4.69, 9.17) is 4.74 Å². The van der Waals surface area contributed by atoms with Crippen LogP contribution in [0.4, 0.5) is 0 Å². The van der Waals surface area contributed by atoms with Gasteiger partial charge in [-0.05, 0) is 32.4 Å². The predicted octanol–water partition coefficient (Wildman–Crippen LogP) is 2.45. The summed E-state index contributed by atoms with van der Waals surface area (Å²) in [5.74, 6) is 1.24. The van der Waals surface area contributed by atoms with Crippen LogP contribution in [0.2, 0.25) is 0 Å². The SMILES string of the molecule is CCOC1CC(NC(=O)C(C)CSC)C12CCC2. The third kappa shape index (κ3) is 2.42. The molecule has 0 aromatic carbocycles. The van der Waals surface area contributed by atoms with Crippen molar-refractivity contribution in [1.82, 2.24) is 5.32 Å². The maximum Gasteiger partial charge on any atom is 0.223 e. The van der Waals surface area contributed by atoms with Crippen molar-refractivity contribution in [2.45, 2.75) is 51.7 Å². The van der Waals surface area contributed by atoms with Gasteiger partial charge in [0.1, 0.15) is 0 Å². The molecule has 3 atom stereocenters. The summed E-state index contributed by atoms with van der Waals surface area (Å²) in [4.78, 5) is 12.1. The number of ether oxygens (including phenoxy) is 1. The molecule has 2 aliphatic rings. The Morgan fingerprint density at radius 1 is 1.56 bits per heavy atom.